The number of carbonyl (C=O) groups is 1. The normalized spacial score (nSPS) is 11.4. The number of ether oxygens (including phenoxy) is 1. The van der Waals surface area contributed by atoms with Crippen LogP contribution in [0.1, 0.15) is 31.4 Å². The Morgan fingerprint density at radius 1 is 1.47 bits per heavy atom. The minimum atomic E-state index is -0.939. The fraction of sp³-hybridized carbons (Fsp3) is 0.357. The van der Waals surface area contributed by atoms with Crippen LogP contribution in [0.3, 0.4) is 0 Å². The van der Waals surface area contributed by atoms with Crippen LogP contribution >= 0.6 is 0 Å². The molecule has 1 rings (SSSR count). The fourth-order valence-corrected chi connectivity index (χ4v) is 1.55. The first-order chi connectivity index (χ1) is 8.04. The molecular weight excluding hydrogens is 216 g/mol. The molecule has 0 atom stereocenters. The first-order valence-electron chi connectivity index (χ1n) is 5.69. The van der Waals surface area contributed by atoms with Crippen LogP contribution in [0.25, 0.3) is 5.57 Å². The molecule has 0 amide bonds. The zero-order chi connectivity index (χ0) is 12.8. The molecule has 0 unspecified atom stereocenters. The standard InChI is InChI=1S/C14H18O3/c1-4-7-17-13-6-5-10(2)8-12(13)11(3)9-14(15)16/h5-6,8-9H,4,7H2,1-3H3,(H,15,16)/b11-9+. The van der Waals surface area contributed by atoms with Gasteiger partial charge in [0.1, 0.15) is 5.75 Å². The predicted molar refractivity (Wildman–Crippen MR) is 68.3 cm³/mol. The van der Waals surface area contributed by atoms with Gasteiger partial charge in [-0.1, -0.05) is 18.6 Å². The van der Waals surface area contributed by atoms with Crippen LogP contribution in [0, 0.1) is 6.92 Å². The molecule has 0 radical (unpaired) electrons. The van der Waals surface area contributed by atoms with Crippen molar-refractivity contribution < 1.29 is 14.6 Å². The van der Waals surface area contributed by atoms with Gasteiger partial charge in [0, 0.05) is 11.6 Å². The average Bonchev–Trinajstić information content (AvgIpc) is 2.26. The Labute approximate surface area is 102 Å². The van der Waals surface area contributed by atoms with E-state index in [-0.39, 0.29) is 0 Å². The van der Waals surface area contributed by atoms with Crippen molar-refractivity contribution in [2.24, 2.45) is 0 Å². The number of allylic oxidation sites excluding steroid dienone is 1. The van der Waals surface area contributed by atoms with Crippen molar-refractivity contribution in [2.75, 3.05) is 6.61 Å². The summed E-state index contributed by atoms with van der Waals surface area (Å²) in [5.74, 6) is -0.196. The molecule has 0 aromatic heterocycles. The van der Waals surface area contributed by atoms with Crippen molar-refractivity contribution in [3.05, 3.63) is 35.4 Å². The fourth-order valence-electron chi connectivity index (χ4n) is 1.55. The summed E-state index contributed by atoms with van der Waals surface area (Å²) >= 11 is 0. The molecule has 17 heavy (non-hydrogen) atoms. The molecule has 0 saturated carbocycles. The molecule has 0 heterocycles. The average molecular weight is 234 g/mol. The SMILES string of the molecule is CCCOc1ccc(C)cc1/C(C)=C/C(=O)O. The minimum absolute atomic E-state index is 0.635. The molecule has 0 spiro atoms. The molecule has 0 aliphatic rings. The van der Waals surface area contributed by atoms with E-state index in [1.54, 1.807) is 6.92 Å². The highest BCUT2D eigenvalue weighted by Gasteiger charge is 2.07. The third kappa shape index (κ3) is 3.94. The molecule has 1 aromatic rings. The van der Waals surface area contributed by atoms with Crippen molar-refractivity contribution in [1.29, 1.82) is 0 Å². The number of benzene rings is 1. The first kappa shape index (κ1) is 13.3. The maximum atomic E-state index is 10.7. The molecule has 3 heteroatoms. The Balaban J connectivity index is 3.10. The van der Waals surface area contributed by atoms with Crippen molar-refractivity contribution >= 4 is 11.5 Å². The second-order valence-corrected chi connectivity index (χ2v) is 4.01. The number of hydrogen-bond donors (Lipinski definition) is 1. The third-order valence-electron chi connectivity index (χ3n) is 2.36. The van der Waals surface area contributed by atoms with Gasteiger partial charge < -0.3 is 9.84 Å². The topological polar surface area (TPSA) is 46.5 Å². The lowest BCUT2D eigenvalue weighted by Gasteiger charge is -2.12. The molecule has 0 aliphatic heterocycles. The highest BCUT2D eigenvalue weighted by molar-refractivity contribution is 5.90. The lowest BCUT2D eigenvalue weighted by Crippen LogP contribution is -1.99. The summed E-state index contributed by atoms with van der Waals surface area (Å²) in [5, 5.41) is 8.76. The smallest absolute Gasteiger partial charge is 0.328 e. The van der Waals surface area contributed by atoms with Gasteiger partial charge in [-0.15, -0.1) is 0 Å². The molecule has 3 nitrogen and oxygen atoms in total. The van der Waals surface area contributed by atoms with Gasteiger partial charge >= 0.3 is 5.97 Å². The Morgan fingerprint density at radius 2 is 2.18 bits per heavy atom. The maximum Gasteiger partial charge on any atom is 0.328 e. The van der Waals surface area contributed by atoms with Crippen LogP contribution in [0.4, 0.5) is 0 Å². The zero-order valence-corrected chi connectivity index (χ0v) is 10.5. The lowest BCUT2D eigenvalue weighted by atomic mass is 10.0. The number of rotatable bonds is 5. The summed E-state index contributed by atoms with van der Waals surface area (Å²) in [6.07, 6.45) is 2.13. The zero-order valence-electron chi connectivity index (χ0n) is 10.5. The van der Waals surface area contributed by atoms with Crippen LogP contribution in [0.2, 0.25) is 0 Å². The number of carboxylic acids is 1. The molecule has 0 aliphatic carbocycles. The Morgan fingerprint density at radius 3 is 2.76 bits per heavy atom. The quantitative estimate of drug-likeness (QED) is 0.795. The highest BCUT2D eigenvalue weighted by atomic mass is 16.5. The number of carboxylic acid groups (broad SMARTS) is 1. The molecule has 0 bridgehead atoms. The van der Waals surface area contributed by atoms with E-state index in [1.165, 1.54) is 6.08 Å². The summed E-state index contributed by atoms with van der Waals surface area (Å²) in [7, 11) is 0. The van der Waals surface area contributed by atoms with Gasteiger partial charge in [-0.05, 0) is 38.0 Å². The summed E-state index contributed by atoms with van der Waals surface area (Å²) in [5.41, 5.74) is 2.63. The van der Waals surface area contributed by atoms with Crippen molar-refractivity contribution in [3.8, 4) is 5.75 Å². The van der Waals surface area contributed by atoms with E-state index in [4.69, 9.17) is 9.84 Å². The molecule has 0 fully saturated rings. The van der Waals surface area contributed by atoms with E-state index in [1.807, 2.05) is 32.0 Å². The van der Waals surface area contributed by atoms with Crippen LogP contribution in [-0.4, -0.2) is 17.7 Å². The molecule has 0 saturated heterocycles. The summed E-state index contributed by atoms with van der Waals surface area (Å²) < 4.78 is 5.61. The van der Waals surface area contributed by atoms with Crippen LogP contribution in [-0.2, 0) is 4.79 Å². The van der Waals surface area contributed by atoms with E-state index in [9.17, 15) is 4.79 Å². The number of aliphatic carboxylic acids is 1. The van der Waals surface area contributed by atoms with Gasteiger partial charge in [0.15, 0.2) is 0 Å². The van der Waals surface area contributed by atoms with Crippen LogP contribution in [0.15, 0.2) is 24.3 Å². The van der Waals surface area contributed by atoms with E-state index < -0.39 is 5.97 Å². The molecule has 1 N–H and O–H groups in total. The Hall–Kier alpha value is -1.77. The molecular formula is C14H18O3. The van der Waals surface area contributed by atoms with Gasteiger partial charge in [-0.3, -0.25) is 0 Å². The highest BCUT2D eigenvalue weighted by Crippen LogP contribution is 2.27. The third-order valence-corrected chi connectivity index (χ3v) is 2.36. The summed E-state index contributed by atoms with van der Waals surface area (Å²) in [6, 6.07) is 5.79. The molecule has 1 aromatic carbocycles. The van der Waals surface area contributed by atoms with Gasteiger partial charge in [0.2, 0.25) is 0 Å². The Kier molecular flexibility index (Phi) is 4.76. The van der Waals surface area contributed by atoms with E-state index in [0.29, 0.717) is 12.2 Å². The minimum Gasteiger partial charge on any atom is -0.493 e. The number of hydrogen-bond acceptors (Lipinski definition) is 2. The van der Waals surface area contributed by atoms with Gasteiger partial charge in [-0.25, -0.2) is 4.79 Å². The second kappa shape index (κ2) is 6.09. The van der Waals surface area contributed by atoms with Crippen LogP contribution < -0.4 is 4.74 Å². The number of aryl methyl sites for hydroxylation is 1. The summed E-state index contributed by atoms with van der Waals surface area (Å²) in [6.45, 7) is 6.42. The molecule has 92 valence electrons. The van der Waals surface area contributed by atoms with Gasteiger partial charge in [-0.2, -0.15) is 0 Å². The maximum absolute atomic E-state index is 10.7. The van der Waals surface area contributed by atoms with Crippen molar-refractivity contribution in [1.82, 2.24) is 0 Å². The largest absolute Gasteiger partial charge is 0.493 e. The predicted octanol–water partition coefficient (Wildman–Crippen LogP) is 3.27. The summed E-state index contributed by atoms with van der Waals surface area (Å²) in [4.78, 5) is 10.7. The monoisotopic (exact) mass is 234 g/mol. The second-order valence-electron chi connectivity index (χ2n) is 4.01. The van der Waals surface area contributed by atoms with E-state index in [2.05, 4.69) is 0 Å². The van der Waals surface area contributed by atoms with Gasteiger partial charge in [0.25, 0.3) is 0 Å². The van der Waals surface area contributed by atoms with Crippen LogP contribution in [0.5, 0.6) is 5.75 Å². The van der Waals surface area contributed by atoms with E-state index >= 15 is 0 Å². The lowest BCUT2D eigenvalue weighted by molar-refractivity contribution is -0.131. The van der Waals surface area contributed by atoms with Gasteiger partial charge in [0.05, 0.1) is 6.61 Å². The van der Waals surface area contributed by atoms with Crippen molar-refractivity contribution in [3.63, 3.8) is 0 Å². The van der Waals surface area contributed by atoms with E-state index in [0.717, 1.165) is 23.3 Å². The Bertz CT molecular complexity index is 433. The first-order valence-corrected chi connectivity index (χ1v) is 5.69. The van der Waals surface area contributed by atoms with Crippen molar-refractivity contribution in [2.45, 2.75) is 27.2 Å².